The van der Waals surface area contributed by atoms with Crippen LogP contribution in [0.1, 0.15) is 69.4 Å². The fourth-order valence-corrected chi connectivity index (χ4v) is 2.38. The summed E-state index contributed by atoms with van der Waals surface area (Å²) in [5, 5.41) is 0. The topological polar surface area (TPSA) is 9.23 Å². The zero-order valence-corrected chi connectivity index (χ0v) is 13.3. The van der Waals surface area contributed by atoms with Crippen LogP contribution in [0, 0.1) is 6.92 Å². The van der Waals surface area contributed by atoms with Crippen LogP contribution in [0.25, 0.3) is 6.08 Å². The highest BCUT2D eigenvalue weighted by molar-refractivity contribution is 5.51. The monoisotopic (exact) mass is 274 g/mol. The average Bonchev–Trinajstić information content (AvgIpc) is 2.47. The van der Waals surface area contributed by atoms with E-state index >= 15 is 0 Å². The molecule has 112 valence electrons. The molecule has 0 bridgehead atoms. The molecule has 0 spiro atoms. The van der Waals surface area contributed by atoms with E-state index in [0.717, 1.165) is 24.3 Å². The minimum absolute atomic E-state index is 0.837. The molecule has 1 heteroatoms. The summed E-state index contributed by atoms with van der Waals surface area (Å²) in [4.78, 5) is 0. The molecule has 0 N–H and O–H groups in total. The predicted octanol–water partition coefficient (Wildman–Crippen LogP) is 6.16. The first kappa shape index (κ1) is 16.8. The zero-order chi connectivity index (χ0) is 14.6. The molecule has 0 aliphatic heterocycles. The van der Waals surface area contributed by atoms with Crippen molar-refractivity contribution in [2.45, 2.75) is 65.2 Å². The predicted molar refractivity (Wildman–Crippen MR) is 89.4 cm³/mol. The molecule has 0 amide bonds. The van der Waals surface area contributed by atoms with Crippen LogP contribution in [0.4, 0.5) is 0 Å². The first-order chi connectivity index (χ1) is 9.77. The first-order valence-corrected chi connectivity index (χ1v) is 8.13. The Morgan fingerprint density at radius 3 is 2.25 bits per heavy atom. The van der Waals surface area contributed by atoms with Crippen molar-refractivity contribution < 1.29 is 4.74 Å². The molecule has 1 aromatic carbocycles. The third-order valence-corrected chi connectivity index (χ3v) is 3.69. The standard InChI is InChI=1S/C19H30O/c1-4-6-7-8-9-10-11-12-15-20-19-14-13-18(5-2)16-17(19)3/h5,13-14,16H,2,4,6-12,15H2,1,3H3. The first-order valence-electron chi connectivity index (χ1n) is 8.13. The summed E-state index contributed by atoms with van der Waals surface area (Å²) in [7, 11) is 0. The molecule has 0 fully saturated rings. The van der Waals surface area contributed by atoms with Gasteiger partial charge in [-0.3, -0.25) is 0 Å². The molecule has 0 unspecified atom stereocenters. The summed E-state index contributed by atoms with van der Waals surface area (Å²) < 4.78 is 5.85. The van der Waals surface area contributed by atoms with Gasteiger partial charge >= 0.3 is 0 Å². The molecule has 0 heterocycles. The largest absolute Gasteiger partial charge is 0.493 e. The SMILES string of the molecule is C=Cc1ccc(OCCCCCCCCCC)c(C)c1. The van der Waals surface area contributed by atoms with Gasteiger partial charge in [-0.15, -0.1) is 0 Å². The van der Waals surface area contributed by atoms with Crippen LogP contribution in [0.5, 0.6) is 5.75 Å². The van der Waals surface area contributed by atoms with E-state index in [4.69, 9.17) is 4.74 Å². The van der Waals surface area contributed by atoms with E-state index in [1.54, 1.807) is 0 Å². The van der Waals surface area contributed by atoms with E-state index in [1.165, 1.54) is 50.5 Å². The van der Waals surface area contributed by atoms with Gasteiger partial charge in [-0.25, -0.2) is 0 Å². The van der Waals surface area contributed by atoms with Crippen molar-refractivity contribution in [2.24, 2.45) is 0 Å². The van der Waals surface area contributed by atoms with Gasteiger partial charge in [-0.1, -0.05) is 70.6 Å². The maximum atomic E-state index is 5.85. The second-order valence-electron chi connectivity index (χ2n) is 5.55. The van der Waals surface area contributed by atoms with Crippen molar-refractivity contribution >= 4 is 6.08 Å². The molecule has 1 aromatic rings. The Balaban J connectivity index is 2.08. The van der Waals surface area contributed by atoms with Gasteiger partial charge < -0.3 is 4.74 Å². The Bertz CT molecular complexity index is 381. The normalized spacial score (nSPS) is 10.5. The van der Waals surface area contributed by atoms with Crippen LogP contribution < -0.4 is 4.74 Å². The summed E-state index contributed by atoms with van der Waals surface area (Å²) in [5.74, 6) is 1.01. The van der Waals surface area contributed by atoms with E-state index in [2.05, 4.69) is 38.6 Å². The number of hydrogen-bond acceptors (Lipinski definition) is 1. The molecule has 0 aliphatic carbocycles. The highest BCUT2D eigenvalue weighted by Crippen LogP contribution is 2.20. The Kier molecular flexibility index (Phi) is 8.86. The van der Waals surface area contributed by atoms with Gasteiger partial charge in [0.25, 0.3) is 0 Å². The maximum Gasteiger partial charge on any atom is 0.122 e. The van der Waals surface area contributed by atoms with Crippen LogP contribution >= 0.6 is 0 Å². The van der Waals surface area contributed by atoms with Gasteiger partial charge in [0.2, 0.25) is 0 Å². The lowest BCUT2D eigenvalue weighted by atomic mass is 10.1. The molecule has 1 nitrogen and oxygen atoms in total. The van der Waals surface area contributed by atoms with Gasteiger partial charge in [-0.2, -0.15) is 0 Å². The minimum atomic E-state index is 0.837. The van der Waals surface area contributed by atoms with Crippen molar-refractivity contribution in [3.05, 3.63) is 35.9 Å². The Hall–Kier alpha value is -1.24. The van der Waals surface area contributed by atoms with E-state index in [9.17, 15) is 0 Å². The second-order valence-corrected chi connectivity index (χ2v) is 5.55. The summed E-state index contributed by atoms with van der Waals surface area (Å²) in [6, 6.07) is 6.23. The van der Waals surface area contributed by atoms with Crippen molar-refractivity contribution in [3.63, 3.8) is 0 Å². The van der Waals surface area contributed by atoms with Crippen molar-refractivity contribution in [1.82, 2.24) is 0 Å². The number of rotatable bonds is 11. The van der Waals surface area contributed by atoms with Gasteiger partial charge in [0.15, 0.2) is 0 Å². The van der Waals surface area contributed by atoms with Crippen molar-refractivity contribution in [3.8, 4) is 5.75 Å². The number of ether oxygens (including phenoxy) is 1. The lowest BCUT2D eigenvalue weighted by Crippen LogP contribution is -1.99. The summed E-state index contributed by atoms with van der Waals surface area (Å²) in [6.45, 7) is 8.98. The Morgan fingerprint density at radius 1 is 1.00 bits per heavy atom. The van der Waals surface area contributed by atoms with Gasteiger partial charge in [0, 0.05) is 0 Å². The number of hydrogen-bond donors (Lipinski definition) is 0. The summed E-state index contributed by atoms with van der Waals surface area (Å²) in [6.07, 6.45) is 12.6. The lowest BCUT2D eigenvalue weighted by molar-refractivity contribution is 0.302. The zero-order valence-electron chi connectivity index (χ0n) is 13.3. The Labute approximate surface area is 125 Å². The lowest BCUT2D eigenvalue weighted by Gasteiger charge is -2.09. The fourth-order valence-electron chi connectivity index (χ4n) is 2.38. The van der Waals surface area contributed by atoms with Gasteiger partial charge in [0.1, 0.15) is 5.75 Å². The molecule has 1 rings (SSSR count). The van der Waals surface area contributed by atoms with E-state index in [-0.39, 0.29) is 0 Å². The fraction of sp³-hybridized carbons (Fsp3) is 0.579. The quantitative estimate of drug-likeness (QED) is 0.439. The van der Waals surface area contributed by atoms with E-state index in [0.29, 0.717) is 0 Å². The minimum Gasteiger partial charge on any atom is -0.493 e. The molecule has 0 saturated heterocycles. The molecular formula is C19H30O. The highest BCUT2D eigenvalue weighted by Gasteiger charge is 1.99. The number of aryl methyl sites for hydroxylation is 1. The Morgan fingerprint density at radius 2 is 1.65 bits per heavy atom. The van der Waals surface area contributed by atoms with Gasteiger partial charge in [0.05, 0.1) is 6.61 Å². The van der Waals surface area contributed by atoms with Crippen LogP contribution in [0.3, 0.4) is 0 Å². The molecule has 0 aromatic heterocycles. The van der Waals surface area contributed by atoms with Crippen LogP contribution in [0.15, 0.2) is 24.8 Å². The van der Waals surface area contributed by atoms with Crippen molar-refractivity contribution in [1.29, 1.82) is 0 Å². The van der Waals surface area contributed by atoms with Crippen LogP contribution in [0.2, 0.25) is 0 Å². The highest BCUT2D eigenvalue weighted by atomic mass is 16.5. The molecule has 0 radical (unpaired) electrons. The molecule has 0 atom stereocenters. The molecule has 0 saturated carbocycles. The van der Waals surface area contributed by atoms with Crippen LogP contribution in [-0.2, 0) is 0 Å². The van der Waals surface area contributed by atoms with E-state index < -0.39 is 0 Å². The summed E-state index contributed by atoms with van der Waals surface area (Å²) in [5.41, 5.74) is 2.35. The number of benzene rings is 1. The second kappa shape index (κ2) is 10.5. The van der Waals surface area contributed by atoms with E-state index in [1.807, 2.05) is 6.08 Å². The molecule has 0 aliphatic rings. The maximum absolute atomic E-state index is 5.85. The van der Waals surface area contributed by atoms with Crippen molar-refractivity contribution in [2.75, 3.05) is 6.61 Å². The molecule has 20 heavy (non-hydrogen) atoms. The third-order valence-electron chi connectivity index (χ3n) is 3.69. The summed E-state index contributed by atoms with van der Waals surface area (Å²) >= 11 is 0. The van der Waals surface area contributed by atoms with Gasteiger partial charge in [-0.05, 0) is 36.6 Å². The number of unbranched alkanes of at least 4 members (excludes halogenated alkanes) is 7. The smallest absolute Gasteiger partial charge is 0.122 e. The van der Waals surface area contributed by atoms with Crippen LogP contribution in [-0.4, -0.2) is 6.61 Å². The average molecular weight is 274 g/mol. The molecular weight excluding hydrogens is 244 g/mol. The third kappa shape index (κ3) is 6.79.